The van der Waals surface area contributed by atoms with Crippen molar-refractivity contribution in [3.05, 3.63) is 108 Å². The third kappa shape index (κ3) is 5.70. The molecule has 2 aliphatic carbocycles. The molecule has 0 radical (unpaired) electrons. The second kappa shape index (κ2) is 13.6. The average molecular weight is 649 g/mol. The number of esters is 1. The Balaban J connectivity index is 1.19. The number of hydrogen-bond donors (Lipinski definition) is 1. The highest BCUT2D eigenvalue weighted by Crippen LogP contribution is 2.66. The fraction of sp³-hybridized carbons (Fsp3) is 0.463. The number of aryl methyl sites for hydroxylation is 1. The maximum absolute atomic E-state index is 13.8. The van der Waals surface area contributed by atoms with E-state index in [1.165, 1.54) is 12.5 Å². The summed E-state index contributed by atoms with van der Waals surface area (Å²) in [4.78, 5) is 30.7. The SMILES string of the molecule is C=CCN1CC[C@]23c4c5ccc(OC(C)=O)c4OC2C(N(CCCCCCc2ccccc2)CC(=O)c2ccccc2)CC[C@@]3(O)[C@H]1C5. The van der Waals surface area contributed by atoms with Crippen LogP contribution in [0, 0.1) is 0 Å². The van der Waals surface area contributed by atoms with Crippen LogP contribution in [-0.2, 0) is 23.1 Å². The van der Waals surface area contributed by atoms with Crippen LogP contribution >= 0.6 is 0 Å². The molecule has 1 saturated heterocycles. The quantitative estimate of drug-likeness (QED) is 0.0722. The third-order valence-electron chi connectivity index (χ3n) is 11.6. The molecule has 2 heterocycles. The van der Waals surface area contributed by atoms with Gasteiger partial charge in [0.15, 0.2) is 17.3 Å². The van der Waals surface area contributed by atoms with Crippen molar-refractivity contribution in [3.8, 4) is 11.5 Å². The van der Waals surface area contributed by atoms with Gasteiger partial charge in [-0.2, -0.15) is 0 Å². The topological polar surface area (TPSA) is 79.3 Å². The number of benzene rings is 3. The van der Waals surface area contributed by atoms with Gasteiger partial charge in [-0.3, -0.25) is 19.4 Å². The number of ether oxygens (including phenoxy) is 2. The second-order valence-electron chi connectivity index (χ2n) is 14.2. The predicted octanol–water partition coefficient (Wildman–Crippen LogP) is 6.31. The highest BCUT2D eigenvalue weighted by Gasteiger charge is 2.73. The van der Waals surface area contributed by atoms with Crippen LogP contribution in [0.1, 0.15) is 78.9 Å². The first kappa shape index (κ1) is 32.8. The first-order valence-electron chi connectivity index (χ1n) is 17.8. The van der Waals surface area contributed by atoms with Crippen LogP contribution < -0.4 is 9.47 Å². The Hall–Kier alpha value is -3.78. The minimum absolute atomic E-state index is 0.0710. The second-order valence-corrected chi connectivity index (χ2v) is 14.2. The van der Waals surface area contributed by atoms with Crippen LogP contribution in [0.3, 0.4) is 0 Å². The van der Waals surface area contributed by atoms with Gasteiger partial charge in [-0.25, -0.2) is 0 Å². The number of Topliss-reactive ketones (excluding diaryl/α,β-unsaturated/α-hetero) is 1. The van der Waals surface area contributed by atoms with Crippen LogP contribution in [-0.4, -0.2) is 76.6 Å². The predicted molar refractivity (Wildman–Crippen MR) is 187 cm³/mol. The lowest BCUT2D eigenvalue weighted by Crippen LogP contribution is -2.78. The molecule has 48 heavy (non-hydrogen) atoms. The van der Waals surface area contributed by atoms with Crippen molar-refractivity contribution < 1.29 is 24.2 Å². The lowest BCUT2D eigenvalue weighted by molar-refractivity contribution is -0.198. The van der Waals surface area contributed by atoms with E-state index in [2.05, 4.69) is 52.8 Å². The molecule has 0 amide bonds. The summed E-state index contributed by atoms with van der Waals surface area (Å²) in [6, 6.07) is 23.9. The summed E-state index contributed by atoms with van der Waals surface area (Å²) in [7, 11) is 0. The molecule has 2 bridgehead atoms. The Labute approximate surface area is 284 Å². The zero-order chi connectivity index (χ0) is 33.3. The molecule has 252 valence electrons. The number of unbranched alkanes of at least 4 members (excludes halogenated alkanes) is 3. The summed E-state index contributed by atoms with van der Waals surface area (Å²) in [5.74, 6) is 0.718. The first-order chi connectivity index (χ1) is 23.4. The van der Waals surface area contributed by atoms with E-state index in [1.807, 2.05) is 42.5 Å². The lowest BCUT2D eigenvalue weighted by atomic mass is 9.48. The molecule has 1 saturated carbocycles. The summed E-state index contributed by atoms with van der Waals surface area (Å²) >= 11 is 0. The van der Waals surface area contributed by atoms with E-state index < -0.39 is 17.0 Å². The molecule has 2 unspecified atom stereocenters. The minimum Gasteiger partial charge on any atom is -0.483 e. The zero-order valence-electron chi connectivity index (χ0n) is 28.1. The van der Waals surface area contributed by atoms with Crippen LogP contribution in [0.4, 0.5) is 0 Å². The Kier molecular flexibility index (Phi) is 9.29. The molecule has 3 aromatic rings. The number of aliphatic hydroxyl groups is 1. The van der Waals surface area contributed by atoms with E-state index >= 15 is 0 Å². The highest BCUT2D eigenvalue weighted by atomic mass is 16.6. The van der Waals surface area contributed by atoms with E-state index in [-0.39, 0.29) is 24.0 Å². The van der Waals surface area contributed by atoms with Gasteiger partial charge >= 0.3 is 5.97 Å². The summed E-state index contributed by atoms with van der Waals surface area (Å²) in [5.41, 5.74) is 2.56. The van der Waals surface area contributed by atoms with Crippen molar-refractivity contribution >= 4 is 11.8 Å². The number of carbonyl (C=O) groups excluding carboxylic acids is 2. The van der Waals surface area contributed by atoms with Crippen LogP contribution in [0.25, 0.3) is 0 Å². The van der Waals surface area contributed by atoms with Gasteiger partial charge in [0.05, 0.1) is 17.6 Å². The molecule has 1 N–H and O–H groups in total. The average Bonchev–Trinajstić information content (AvgIpc) is 3.44. The van der Waals surface area contributed by atoms with Gasteiger partial charge < -0.3 is 14.6 Å². The molecular weight excluding hydrogens is 600 g/mol. The fourth-order valence-corrected chi connectivity index (χ4v) is 9.49. The normalized spacial score (nSPS) is 26.9. The van der Waals surface area contributed by atoms with E-state index in [9.17, 15) is 14.7 Å². The Morgan fingerprint density at radius 1 is 1.02 bits per heavy atom. The van der Waals surface area contributed by atoms with E-state index in [4.69, 9.17) is 9.47 Å². The maximum atomic E-state index is 13.8. The monoisotopic (exact) mass is 648 g/mol. The van der Waals surface area contributed by atoms with Crippen LogP contribution in [0.2, 0.25) is 0 Å². The third-order valence-corrected chi connectivity index (χ3v) is 11.6. The number of carbonyl (C=O) groups is 2. The smallest absolute Gasteiger partial charge is 0.308 e. The number of likely N-dealkylation sites (tertiary alicyclic amines) is 1. The standard InChI is InChI=1S/C41H48N2O5/c1-3-24-42-26-23-40-37-32-19-20-35(47-29(2)44)38(37)48-39(40)33(21-22-41(40,46)36(42)27-32)43(28-34(45)31-17-11-7-12-18-31)25-13-5-4-8-14-30-15-9-6-10-16-30/h3,6-7,9-12,15-20,33,36,39,46H,1,4-5,8,13-14,21-28H2,2H3/t33?,36-,39?,40+,41-/m1/s1. The molecule has 5 atom stereocenters. The Morgan fingerprint density at radius 3 is 2.52 bits per heavy atom. The number of rotatable bonds is 14. The van der Waals surface area contributed by atoms with Gasteiger partial charge in [-0.05, 0) is 75.2 Å². The first-order valence-corrected chi connectivity index (χ1v) is 17.8. The fourth-order valence-electron chi connectivity index (χ4n) is 9.49. The van der Waals surface area contributed by atoms with Crippen molar-refractivity contribution in [2.24, 2.45) is 0 Å². The molecule has 2 aliphatic heterocycles. The van der Waals surface area contributed by atoms with Gasteiger partial charge in [0.25, 0.3) is 0 Å². The molecule has 7 nitrogen and oxygen atoms in total. The van der Waals surface area contributed by atoms with Gasteiger partial charge in [-0.15, -0.1) is 6.58 Å². The summed E-state index contributed by atoms with van der Waals surface area (Å²) in [5, 5.41) is 13.0. The molecule has 3 aromatic carbocycles. The summed E-state index contributed by atoms with van der Waals surface area (Å²) < 4.78 is 12.7. The molecule has 7 heteroatoms. The zero-order valence-corrected chi connectivity index (χ0v) is 28.1. The van der Waals surface area contributed by atoms with E-state index in [1.54, 1.807) is 0 Å². The molecule has 0 aromatic heterocycles. The Bertz CT molecular complexity index is 1640. The van der Waals surface area contributed by atoms with E-state index in [0.29, 0.717) is 49.4 Å². The summed E-state index contributed by atoms with van der Waals surface area (Å²) in [6.45, 7) is 8.01. The van der Waals surface area contributed by atoms with Crippen molar-refractivity contribution in [2.45, 2.75) is 93.9 Å². The number of piperidine rings is 1. The van der Waals surface area contributed by atoms with Gasteiger partial charge in [0.1, 0.15) is 6.10 Å². The van der Waals surface area contributed by atoms with Crippen molar-refractivity contribution in [3.63, 3.8) is 0 Å². The summed E-state index contributed by atoms with van der Waals surface area (Å²) in [6.07, 6.45) is 9.69. The van der Waals surface area contributed by atoms with Crippen LogP contribution in [0.5, 0.6) is 11.5 Å². The van der Waals surface area contributed by atoms with Crippen molar-refractivity contribution in [2.75, 3.05) is 26.2 Å². The van der Waals surface area contributed by atoms with E-state index in [0.717, 1.165) is 62.7 Å². The number of ketones is 1. The van der Waals surface area contributed by atoms with Crippen molar-refractivity contribution in [1.82, 2.24) is 9.80 Å². The minimum atomic E-state index is -1.02. The molecular formula is C41H48N2O5. The van der Waals surface area contributed by atoms with Gasteiger partial charge in [0.2, 0.25) is 0 Å². The number of hydrogen-bond acceptors (Lipinski definition) is 7. The molecule has 1 spiro atoms. The van der Waals surface area contributed by atoms with Gasteiger partial charge in [-0.1, -0.05) is 85.6 Å². The van der Waals surface area contributed by atoms with Gasteiger partial charge in [0, 0.05) is 36.7 Å². The molecule has 7 rings (SSSR count). The maximum Gasteiger partial charge on any atom is 0.308 e. The largest absolute Gasteiger partial charge is 0.483 e. The van der Waals surface area contributed by atoms with Crippen LogP contribution in [0.15, 0.2) is 85.5 Å². The number of nitrogens with zero attached hydrogens (tertiary/aromatic N) is 2. The molecule has 2 fully saturated rings. The van der Waals surface area contributed by atoms with Crippen molar-refractivity contribution in [1.29, 1.82) is 0 Å². The lowest BCUT2D eigenvalue weighted by Gasteiger charge is -2.64. The highest BCUT2D eigenvalue weighted by molar-refractivity contribution is 5.97. The molecule has 4 aliphatic rings. The Morgan fingerprint density at radius 2 is 1.77 bits per heavy atom.